The van der Waals surface area contributed by atoms with E-state index in [2.05, 4.69) is 48.2 Å². The maximum atomic E-state index is 14.8. The zero-order valence-corrected chi connectivity index (χ0v) is 22.1. The highest BCUT2D eigenvalue weighted by Crippen LogP contribution is 2.38. The highest BCUT2D eigenvalue weighted by molar-refractivity contribution is 6.35. The molecule has 0 fully saturated rings. The van der Waals surface area contributed by atoms with Gasteiger partial charge in [0.05, 0.1) is 19.6 Å². The third-order valence-electron chi connectivity index (χ3n) is 6.86. The number of halogens is 1. The number of benzene rings is 1. The van der Waals surface area contributed by atoms with Crippen molar-refractivity contribution in [3.05, 3.63) is 51.1 Å². The molecule has 1 aliphatic heterocycles. The fourth-order valence-corrected chi connectivity index (χ4v) is 4.82. The summed E-state index contributed by atoms with van der Waals surface area (Å²) in [6, 6.07) is -0.0620. The van der Waals surface area contributed by atoms with Crippen molar-refractivity contribution < 1.29 is 16.7 Å². The first-order chi connectivity index (χ1) is 17.4. The standard InChI is InChI=1S/C28H39FN4O2/c1-9-11-33(15(3)4)16(5)14-30-28(35)25-19(8)31-24(20(25)10-2)13-22-21-12-23(29)17(6)18(7)26(21)32-27(22)34/h12-13,15-16,31H,9-11,14H2,1-8H3,(H,30,35)(H,32,34)/i12D,13D. The minimum absolute atomic E-state index is 0.0642. The van der Waals surface area contributed by atoms with Crippen molar-refractivity contribution in [3.63, 3.8) is 0 Å². The summed E-state index contributed by atoms with van der Waals surface area (Å²) in [7, 11) is 0. The van der Waals surface area contributed by atoms with Gasteiger partial charge < -0.3 is 15.6 Å². The van der Waals surface area contributed by atoms with E-state index in [0.717, 1.165) is 13.0 Å². The van der Waals surface area contributed by atoms with Crippen LogP contribution >= 0.6 is 0 Å². The Hall–Kier alpha value is -2.93. The summed E-state index contributed by atoms with van der Waals surface area (Å²) in [4.78, 5) is 31.7. The van der Waals surface area contributed by atoms with Crippen LogP contribution in [0.25, 0.3) is 11.6 Å². The number of hydrogen-bond donors (Lipinski definition) is 3. The first-order valence-corrected chi connectivity index (χ1v) is 12.4. The first kappa shape index (κ1) is 23.8. The van der Waals surface area contributed by atoms with E-state index in [9.17, 15) is 14.0 Å². The van der Waals surface area contributed by atoms with Gasteiger partial charge in [-0.25, -0.2) is 4.39 Å². The van der Waals surface area contributed by atoms with E-state index in [1.165, 1.54) is 0 Å². The Morgan fingerprint density at radius 2 is 1.94 bits per heavy atom. The van der Waals surface area contributed by atoms with E-state index in [0.29, 0.717) is 58.3 Å². The maximum Gasteiger partial charge on any atom is 0.256 e. The molecule has 2 aromatic rings. The van der Waals surface area contributed by atoms with Gasteiger partial charge in [0, 0.05) is 35.6 Å². The fourth-order valence-electron chi connectivity index (χ4n) is 4.82. The second-order valence-corrected chi connectivity index (χ2v) is 9.62. The van der Waals surface area contributed by atoms with E-state index in [4.69, 9.17) is 2.74 Å². The van der Waals surface area contributed by atoms with Crippen LogP contribution in [0, 0.1) is 26.6 Å². The quantitative estimate of drug-likeness (QED) is 0.419. The molecule has 0 aliphatic carbocycles. The molecule has 6 nitrogen and oxygen atoms in total. The van der Waals surface area contributed by atoms with Gasteiger partial charge in [-0.2, -0.15) is 0 Å². The molecule has 0 bridgehead atoms. The minimum Gasteiger partial charge on any atom is -0.358 e. The van der Waals surface area contributed by atoms with E-state index in [1.54, 1.807) is 20.8 Å². The molecule has 1 aromatic heterocycles. The number of H-pyrrole nitrogens is 1. The molecule has 0 saturated carbocycles. The Bertz CT molecular complexity index is 1270. The number of nitrogens with one attached hydrogen (secondary N) is 3. The topological polar surface area (TPSA) is 77.2 Å². The summed E-state index contributed by atoms with van der Waals surface area (Å²) < 4.78 is 32.0. The van der Waals surface area contributed by atoms with E-state index in [-0.39, 0.29) is 29.1 Å². The number of aryl methyl sites for hydroxylation is 1. The average molecular weight is 485 g/mol. The number of aromatic amines is 1. The van der Waals surface area contributed by atoms with Crippen molar-refractivity contribution in [2.75, 3.05) is 18.4 Å². The molecule has 3 N–H and O–H groups in total. The van der Waals surface area contributed by atoms with Crippen molar-refractivity contribution in [1.29, 1.82) is 0 Å². The number of rotatable bonds is 9. The van der Waals surface area contributed by atoms with Crippen LogP contribution in [0.5, 0.6) is 0 Å². The van der Waals surface area contributed by atoms with Crippen molar-refractivity contribution >= 4 is 29.1 Å². The molecule has 7 heteroatoms. The van der Waals surface area contributed by atoms with Crippen LogP contribution in [-0.4, -0.2) is 46.9 Å². The average Bonchev–Trinajstić information content (AvgIpc) is 3.38. The number of carbonyl (C=O) groups is 2. The number of hydrogen-bond acceptors (Lipinski definition) is 3. The summed E-state index contributed by atoms with van der Waals surface area (Å²) >= 11 is 0. The Morgan fingerprint density at radius 1 is 1.26 bits per heavy atom. The van der Waals surface area contributed by atoms with Crippen molar-refractivity contribution in [2.24, 2.45) is 0 Å². The number of anilines is 1. The Balaban J connectivity index is 2.02. The molecular formula is C28H39FN4O2. The first-order valence-electron chi connectivity index (χ1n) is 13.4. The van der Waals surface area contributed by atoms with Gasteiger partial charge in [-0.15, -0.1) is 0 Å². The predicted octanol–water partition coefficient (Wildman–Crippen LogP) is 5.37. The SMILES string of the molecule is [2H]C(=C1C(=O)Nc2c(C)c(C)c(F)c([2H])c21)c1[nH]c(C)c(C(=O)NCC(C)N(CCC)C(C)C)c1CC. The van der Waals surface area contributed by atoms with Gasteiger partial charge in [0.1, 0.15) is 5.82 Å². The Kier molecular flexibility index (Phi) is 7.32. The normalized spacial score (nSPS) is 16.3. The number of carbonyl (C=O) groups excluding carboxylic acids is 2. The van der Waals surface area contributed by atoms with Crippen LogP contribution in [-0.2, 0) is 11.2 Å². The second kappa shape index (κ2) is 10.8. The highest BCUT2D eigenvalue weighted by atomic mass is 19.1. The van der Waals surface area contributed by atoms with E-state index in [1.807, 2.05) is 6.92 Å². The van der Waals surface area contributed by atoms with E-state index < -0.39 is 17.8 Å². The summed E-state index contributed by atoms with van der Waals surface area (Å²) in [5, 5.41) is 5.77. The zero-order valence-electron chi connectivity index (χ0n) is 24.1. The van der Waals surface area contributed by atoms with Gasteiger partial charge in [0.25, 0.3) is 11.8 Å². The van der Waals surface area contributed by atoms with Crippen LogP contribution in [0.4, 0.5) is 10.1 Å². The van der Waals surface area contributed by atoms with Crippen LogP contribution < -0.4 is 10.6 Å². The monoisotopic (exact) mass is 484 g/mol. The molecule has 35 heavy (non-hydrogen) atoms. The van der Waals surface area contributed by atoms with Crippen molar-refractivity contribution in [2.45, 2.75) is 80.3 Å². The molecule has 0 saturated heterocycles. The van der Waals surface area contributed by atoms with Gasteiger partial charge in [-0.1, -0.05) is 13.8 Å². The fraction of sp³-hybridized carbons (Fsp3) is 0.500. The summed E-state index contributed by atoms with van der Waals surface area (Å²) in [5.41, 5.74) is 3.22. The molecule has 1 aromatic carbocycles. The highest BCUT2D eigenvalue weighted by Gasteiger charge is 2.29. The van der Waals surface area contributed by atoms with Gasteiger partial charge in [-0.05, 0) is 89.7 Å². The Labute approximate surface area is 211 Å². The largest absolute Gasteiger partial charge is 0.358 e. The van der Waals surface area contributed by atoms with E-state index >= 15 is 0 Å². The summed E-state index contributed by atoms with van der Waals surface area (Å²) in [6.45, 7) is 16.8. The molecule has 3 rings (SSSR count). The number of fused-ring (bicyclic) bond motifs is 1. The lowest BCUT2D eigenvalue weighted by molar-refractivity contribution is -0.110. The lowest BCUT2D eigenvalue weighted by Gasteiger charge is -2.32. The lowest BCUT2D eigenvalue weighted by atomic mass is 9.98. The third-order valence-corrected chi connectivity index (χ3v) is 6.86. The predicted molar refractivity (Wildman–Crippen MR) is 141 cm³/mol. The van der Waals surface area contributed by atoms with Crippen molar-refractivity contribution in [1.82, 2.24) is 15.2 Å². The molecule has 0 spiro atoms. The van der Waals surface area contributed by atoms with Crippen molar-refractivity contribution in [3.8, 4) is 0 Å². The van der Waals surface area contributed by atoms with Gasteiger partial charge in [0.2, 0.25) is 0 Å². The van der Waals surface area contributed by atoms with Gasteiger partial charge in [0.15, 0.2) is 0 Å². The van der Waals surface area contributed by atoms with Crippen LogP contribution in [0.3, 0.4) is 0 Å². The molecule has 190 valence electrons. The Morgan fingerprint density at radius 3 is 2.54 bits per heavy atom. The minimum atomic E-state index is -0.705. The number of nitrogens with zero attached hydrogens (tertiary/aromatic N) is 1. The zero-order chi connectivity index (χ0) is 27.8. The molecule has 2 amide bonds. The molecule has 0 radical (unpaired) electrons. The van der Waals surface area contributed by atoms with Gasteiger partial charge >= 0.3 is 0 Å². The van der Waals surface area contributed by atoms with Crippen LogP contribution in [0.1, 0.15) is 87.8 Å². The maximum absolute atomic E-state index is 14.8. The van der Waals surface area contributed by atoms with Gasteiger partial charge in [-0.3, -0.25) is 14.5 Å². The number of aromatic nitrogens is 1. The molecule has 2 heterocycles. The summed E-state index contributed by atoms with van der Waals surface area (Å²) in [5.74, 6) is -1.50. The smallest absolute Gasteiger partial charge is 0.256 e. The molecular weight excluding hydrogens is 443 g/mol. The lowest BCUT2D eigenvalue weighted by Crippen LogP contribution is -2.45. The van der Waals surface area contributed by atoms with Crippen LogP contribution in [0.2, 0.25) is 0 Å². The molecule has 1 atom stereocenters. The molecule has 1 aliphatic rings. The summed E-state index contributed by atoms with van der Waals surface area (Å²) in [6.07, 6.45) is 1.47. The second-order valence-electron chi connectivity index (χ2n) is 9.62. The third kappa shape index (κ3) is 5.20. The number of amides is 2. The van der Waals surface area contributed by atoms with Crippen LogP contribution in [0.15, 0.2) is 6.04 Å². The molecule has 1 unspecified atom stereocenters.